The third-order valence-electron chi connectivity index (χ3n) is 5.19. The van der Waals surface area contributed by atoms with Gasteiger partial charge in [-0.2, -0.15) is 0 Å². The quantitative estimate of drug-likeness (QED) is 0.780. The van der Waals surface area contributed by atoms with E-state index in [-0.39, 0.29) is 0 Å². The molecule has 1 aliphatic heterocycles. The molecule has 1 N–H and O–H groups in total. The highest BCUT2D eigenvalue weighted by molar-refractivity contribution is 4.97. The maximum Gasteiger partial charge on any atom is 0.0252 e. The summed E-state index contributed by atoms with van der Waals surface area (Å²) in [6.45, 7) is 12.0. The van der Waals surface area contributed by atoms with Gasteiger partial charge in [0.15, 0.2) is 0 Å². The van der Waals surface area contributed by atoms with Gasteiger partial charge in [0, 0.05) is 31.2 Å². The van der Waals surface area contributed by atoms with Gasteiger partial charge < -0.3 is 5.32 Å². The summed E-state index contributed by atoms with van der Waals surface area (Å²) in [5.74, 6) is 1.80. The highest BCUT2D eigenvalue weighted by Gasteiger charge is 2.40. The Morgan fingerprint density at radius 1 is 1.22 bits per heavy atom. The van der Waals surface area contributed by atoms with Crippen molar-refractivity contribution in [1.82, 2.24) is 10.2 Å². The van der Waals surface area contributed by atoms with Crippen molar-refractivity contribution in [2.45, 2.75) is 77.9 Å². The zero-order valence-electron chi connectivity index (χ0n) is 12.8. The molecule has 0 spiro atoms. The maximum atomic E-state index is 3.83. The van der Waals surface area contributed by atoms with Crippen molar-refractivity contribution >= 4 is 0 Å². The van der Waals surface area contributed by atoms with Gasteiger partial charge in [-0.05, 0) is 38.0 Å². The van der Waals surface area contributed by atoms with Gasteiger partial charge in [0.1, 0.15) is 0 Å². The summed E-state index contributed by atoms with van der Waals surface area (Å²) in [6.07, 6.45) is 6.90. The van der Waals surface area contributed by atoms with Crippen molar-refractivity contribution in [3.8, 4) is 0 Å². The van der Waals surface area contributed by atoms with Gasteiger partial charge in [-0.15, -0.1) is 0 Å². The van der Waals surface area contributed by atoms with E-state index in [4.69, 9.17) is 0 Å². The summed E-state index contributed by atoms with van der Waals surface area (Å²) < 4.78 is 0. The molecular formula is C16H32N2. The van der Waals surface area contributed by atoms with Crippen LogP contribution in [-0.4, -0.2) is 36.1 Å². The van der Waals surface area contributed by atoms with E-state index < -0.39 is 0 Å². The van der Waals surface area contributed by atoms with E-state index in [0.29, 0.717) is 6.04 Å². The van der Waals surface area contributed by atoms with E-state index in [9.17, 15) is 0 Å². The molecule has 0 radical (unpaired) electrons. The van der Waals surface area contributed by atoms with E-state index in [1.807, 2.05) is 0 Å². The van der Waals surface area contributed by atoms with Crippen molar-refractivity contribution in [3.63, 3.8) is 0 Å². The molecule has 2 rings (SSSR count). The van der Waals surface area contributed by atoms with Crippen LogP contribution in [0.15, 0.2) is 0 Å². The van der Waals surface area contributed by atoms with Gasteiger partial charge in [-0.3, -0.25) is 4.90 Å². The number of rotatable bonds is 6. The lowest BCUT2D eigenvalue weighted by atomic mass is 9.92. The molecule has 2 heteroatoms. The Kier molecular flexibility index (Phi) is 5.08. The van der Waals surface area contributed by atoms with Gasteiger partial charge in [0.25, 0.3) is 0 Å². The van der Waals surface area contributed by atoms with Crippen molar-refractivity contribution in [3.05, 3.63) is 0 Å². The molecule has 2 aliphatic rings. The van der Waals surface area contributed by atoms with Crippen molar-refractivity contribution in [2.24, 2.45) is 11.8 Å². The van der Waals surface area contributed by atoms with Crippen LogP contribution < -0.4 is 5.32 Å². The molecule has 2 fully saturated rings. The van der Waals surface area contributed by atoms with E-state index in [1.165, 1.54) is 45.2 Å². The second kappa shape index (κ2) is 6.38. The van der Waals surface area contributed by atoms with Crippen LogP contribution in [0, 0.1) is 11.8 Å². The molecule has 106 valence electrons. The van der Waals surface area contributed by atoms with Gasteiger partial charge in [-0.1, -0.05) is 33.6 Å². The molecule has 1 saturated carbocycles. The average Bonchev–Trinajstić information content (AvgIpc) is 3.21. The molecule has 4 unspecified atom stereocenters. The first-order chi connectivity index (χ1) is 8.67. The number of hydrogen-bond donors (Lipinski definition) is 1. The minimum Gasteiger partial charge on any atom is -0.311 e. The first kappa shape index (κ1) is 14.3. The lowest BCUT2D eigenvalue weighted by Crippen LogP contribution is -2.61. The Morgan fingerprint density at radius 2 is 1.94 bits per heavy atom. The van der Waals surface area contributed by atoms with Gasteiger partial charge in [0.05, 0.1) is 0 Å². The normalized spacial score (nSPS) is 33.3. The summed E-state index contributed by atoms with van der Waals surface area (Å²) in [6, 6.07) is 2.31. The molecule has 0 bridgehead atoms. The predicted molar refractivity (Wildman–Crippen MR) is 78.8 cm³/mol. The van der Waals surface area contributed by atoms with Crippen LogP contribution in [0.2, 0.25) is 0 Å². The van der Waals surface area contributed by atoms with Crippen LogP contribution in [-0.2, 0) is 0 Å². The van der Waals surface area contributed by atoms with Crippen LogP contribution >= 0.6 is 0 Å². The minimum atomic E-state index is 0.712. The zero-order chi connectivity index (χ0) is 13.1. The molecule has 0 amide bonds. The SMILES string of the molecule is CCCC(C)N1CC(C(C)CC)NCC1C1CC1. The highest BCUT2D eigenvalue weighted by Crippen LogP contribution is 2.37. The van der Waals surface area contributed by atoms with Gasteiger partial charge >= 0.3 is 0 Å². The van der Waals surface area contributed by atoms with Gasteiger partial charge in [-0.25, -0.2) is 0 Å². The second-order valence-corrected chi connectivity index (χ2v) is 6.64. The smallest absolute Gasteiger partial charge is 0.0252 e. The monoisotopic (exact) mass is 252 g/mol. The molecule has 1 heterocycles. The second-order valence-electron chi connectivity index (χ2n) is 6.64. The standard InChI is InChI=1S/C16H32N2/c1-5-7-13(4)18-11-15(12(3)6-2)17-10-16(18)14-8-9-14/h12-17H,5-11H2,1-4H3. The number of piperazine rings is 1. The van der Waals surface area contributed by atoms with Crippen LogP contribution in [0.5, 0.6) is 0 Å². The lowest BCUT2D eigenvalue weighted by molar-refractivity contribution is 0.0580. The lowest BCUT2D eigenvalue weighted by Gasteiger charge is -2.45. The topological polar surface area (TPSA) is 15.3 Å². The van der Waals surface area contributed by atoms with Crippen LogP contribution in [0.4, 0.5) is 0 Å². The third-order valence-corrected chi connectivity index (χ3v) is 5.19. The fourth-order valence-corrected chi connectivity index (χ4v) is 3.49. The fourth-order valence-electron chi connectivity index (χ4n) is 3.49. The number of nitrogens with one attached hydrogen (secondary N) is 1. The Labute approximate surface area is 114 Å². The van der Waals surface area contributed by atoms with Crippen LogP contribution in [0.3, 0.4) is 0 Å². The predicted octanol–water partition coefficient (Wildman–Crippen LogP) is 3.27. The summed E-state index contributed by atoms with van der Waals surface area (Å²) >= 11 is 0. The summed E-state index contributed by atoms with van der Waals surface area (Å²) in [5.41, 5.74) is 0. The summed E-state index contributed by atoms with van der Waals surface area (Å²) in [7, 11) is 0. The molecule has 1 saturated heterocycles. The van der Waals surface area contributed by atoms with E-state index in [2.05, 4.69) is 37.9 Å². The van der Waals surface area contributed by atoms with Crippen molar-refractivity contribution in [1.29, 1.82) is 0 Å². The van der Waals surface area contributed by atoms with Gasteiger partial charge in [0.2, 0.25) is 0 Å². The summed E-state index contributed by atoms with van der Waals surface area (Å²) in [4.78, 5) is 2.84. The number of hydrogen-bond acceptors (Lipinski definition) is 2. The van der Waals surface area contributed by atoms with Crippen molar-refractivity contribution < 1.29 is 0 Å². The largest absolute Gasteiger partial charge is 0.311 e. The van der Waals surface area contributed by atoms with Crippen molar-refractivity contribution in [2.75, 3.05) is 13.1 Å². The Hall–Kier alpha value is -0.0800. The average molecular weight is 252 g/mol. The molecule has 4 atom stereocenters. The molecule has 0 aromatic heterocycles. The van der Waals surface area contributed by atoms with Crippen LogP contribution in [0.25, 0.3) is 0 Å². The molecule has 0 aromatic carbocycles. The summed E-state index contributed by atoms with van der Waals surface area (Å²) in [5, 5.41) is 3.83. The first-order valence-electron chi connectivity index (χ1n) is 8.16. The van der Waals surface area contributed by atoms with E-state index in [1.54, 1.807) is 0 Å². The highest BCUT2D eigenvalue weighted by atomic mass is 15.3. The Morgan fingerprint density at radius 3 is 2.50 bits per heavy atom. The first-order valence-corrected chi connectivity index (χ1v) is 8.16. The third kappa shape index (κ3) is 3.27. The van der Waals surface area contributed by atoms with E-state index in [0.717, 1.165) is 23.9 Å². The Balaban J connectivity index is 1.98. The molecule has 1 aliphatic carbocycles. The van der Waals surface area contributed by atoms with E-state index >= 15 is 0 Å². The Bertz CT molecular complexity index is 249. The molecule has 0 aromatic rings. The zero-order valence-corrected chi connectivity index (χ0v) is 12.8. The maximum absolute atomic E-state index is 3.83. The van der Waals surface area contributed by atoms with Crippen LogP contribution in [0.1, 0.15) is 59.8 Å². The minimum absolute atomic E-state index is 0.712. The fraction of sp³-hybridized carbons (Fsp3) is 1.00. The molecule has 2 nitrogen and oxygen atoms in total. The molecular weight excluding hydrogens is 220 g/mol. The number of nitrogens with zero attached hydrogens (tertiary/aromatic N) is 1. The molecule has 18 heavy (non-hydrogen) atoms.